The Morgan fingerprint density at radius 1 is 1.07 bits per heavy atom. The highest BCUT2D eigenvalue weighted by atomic mass is 35.5. The molecule has 4 rings (SSSR count). The number of nitrogens with two attached hydrogens (primary N) is 1. The quantitative estimate of drug-likeness (QED) is 0.668. The van der Waals surface area contributed by atoms with Crippen LogP contribution in [-0.4, -0.2) is 42.0 Å². The lowest BCUT2D eigenvalue weighted by molar-refractivity contribution is -0.123. The summed E-state index contributed by atoms with van der Waals surface area (Å²) >= 11 is 12.2. The number of halogens is 2. The fourth-order valence-corrected chi connectivity index (χ4v) is 4.28. The van der Waals surface area contributed by atoms with Gasteiger partial charge in [0.2, 0.25) is 5.91 Å². The number of hydrogen-bond donors (Lipinski definition) is 1. The van der Waals surface area contributed by atoms with Gasteiger partial charge in [0.25, 0.3) is 0 Å². The Balaban J connectivity index is 1.62. The number of nitriles is 1. The zero-order chi connectivity index (χ0) is 21.3. The van der Waals surface area contributed by atoms with E-state index in [2.05, 4.69) is 20.9 Å². The Morgan fingerprint density at radius 2 is 1.73 bits per heavy atom. The van der Waals surface area contributed by atoms with Crippen LogP contribution in [0.5, 0.6) is 0 Å². The van der Waals surface area contributed by atoms with E-state index < -0.39 is 11.9 Å². The molecule has 1 fully saturated rings. The van der Waals surface area contributed by atoms with E-state index in [9.17, 15) is 10.1 Å². The molecule has 1 unspecified atom stereocenters. The molecule has 30 heavy (non-hydrogen) atoms. The molecule has 0 saturated carbocycles. The van der Waals surface area contributed by atoms with Gasteiger partial charge in [0.05, 0.1) is 16.8 Å². The number of amides is 1. The third-order valence-electron chi connectivity index (χ3n) is 5.37. The number of hydrogen-bond acceptors (Lipinski definition) is 5. The van der Waals surface area contributed by atoms with Crippen molar-refractivity contribution in [2.75, 3.05) is 31.1 Å². The minimum Gasteiger partial charge on any atom is -0.368 e. The van der Waals surface area contributed by atoms with Gasteiger partial charge in [-0.05, 0) is 35.9 Å². The van der Waals surface area contributed by atoms with Crippen LogP contribution in [0.2, 0.25) is 10.0 Å². The molecule has 6 nitrogen and oxygen atoms in total. The van der Waals surface area contributed by atoms with E-state index in [1.165, 1.54) is 0 Å². The number of carbonyl (C=O) groups excluding carboxylic acids is 1. The van der Waals surface area contributed by atoms with Crippen LogP contribution in [0.3, 0.4) is 0 Å². The number of benzene rings is 2. The summed E-state index contributed by atoms with van der Waals surface area (Å²) in [4.78, 5) is 20.8. The van der Waals surface area contributed by atoms with Crippen molar-refractivity contribution in [2.45, 2.75) is 6.04 Å². The van der Waals surface area contributed by atoms with Gasteiger partial charge in [-0.1, -0.05) is 35.3 Å². The molecule has 2 heterocycles. The maximum atomic E-state index is 12.2. The van der Waals surface area contributed by atoms with Crippen molar-refractivity contribution in [2.24, 2.45) is 5.73 Å². The second kappa shape index (κ2) is 8.49. The SMILES string of the molecule is N#Cc1cnc2ccc(Cl)cc2c1N1CCN(C(C(N)=O)c2ccc(Cl)cc2)CC1. The fraction of sp³-hybridized carbons (Fsp3) is 0.227. The third kappa shape index (κ3) is 3.92. The molecule has 1 aromatic heterocycles. The highest BCUT2D eigenvalue weighted by Gasteiger charge is 2.30. The predicted octanol–water partition coefficient (Wildman–Crippen LogP) is 3.76. The summed E-state index contributed by atoms with van der Waals surface area (Å²) in [5.41, 5.74) is 8.66. The largest absolute Gasteiger partial charge is 0.368 e. The Hall–Kier alpha value is -2.85. The van der Waals surface area contributed by atoms with Gasteiger partial charge < -0.3 is 10.6 Å². The first-order valence-electron chi connectivity index (χ1n) is 9.50. The maximum absolute atomic E-state index is 12.2. The maximum Gasteiger partial charge on any atom is 0.239 e. The number of pyridine rings is 1. The van der Waals surface area contributed by atoms with Crippen molar-refractivity contribution in [3.8, 4) is 6.07 Å². The zero-order valence-electron chi connectivity index (χ0n) is 16.1. The van der Waals surface area contributed by atoms with Gasteiger partial charge >= 0.3 is 0 Å². The molecule has 3 aromatic rings. The van der Waals surface area contributed by atoms with Crippen molar-refractivity contribution in [3.63, 3.8) is 0 Å². The van der Waals surface area contributed by atoms with Crippen molar-refractivity contribution < 1.29 is 4.79 Å². The second-order valence-electron chi connectivity index (χ2n) is 7.17. The van der Waals surface area contributed by atoms with Crippen LogP contribution >= 0.6 is 23.2 Å². The van der Waals surface area contributed by atoms with Crippen molar-refractivity contribution in [3.05, 3.63) is 69.8 Å². The standard InChI is InChI=1S/C22H19Cl2N5O/c23-16-3-1-14(2-4-16)21(22(26)30)29-9-7-28(8-10-29)20-15(12-25)13-27-19-6-5-17(24)11-18(19)20/h1-6,11,13,21H,7-10H2,(H2,26,30). The predicted molar refractivity (Wildman–Crippen MR) is 119 cm³/mol. The lowest BCUT2D eigenvalue weighted by atomic mass is 10.0. The molecule has 8 heteroatoms. The summed E-state index contributed by atoms with van der Waals surface area (Å²) in [6, 6.07) is 14.4. The number of fused-ring (bicyclic) bond motifs is 1. The van der Waals surface area contributed by atoms with E-state index in [-0.39, 0.29) is 0 Å². The van der Waals surface area contributed by atoms with Crippen LogP contribution in [0.4, 0.5) is 5.69 Å². The van der Waals surface area contributed by atoms with Crippen LogP contribution < -0.4 is 10.6 Å². The van der Waals surface area contributed by atoms with Crippen molar-refractivity contribution in [1.29, 1.82) is 5.26 Å². The van der Waals surface area contributed by atoms with Crippen molar-refractivity contribution >= 4 is 45.7 Å². The number of anilines is 1. The lowest BCUT2D eigenvalue weighted by Crippen LogP contribution is -2.50. The van der Waals surface area contributed by atoms with E-state index in [1.807, 2.05) is 24.3 Å². The third-order valence-corrected chi connectivity index (χ3v) is 5.86. The van der Waals surface area contributed by atoms with Crippen LogP contribution in [-0.2, 0) is 4.79 Å². The van der Waals surface area contributed by atoms with E-state index in [4.69, 9.17) is 28.9 Å². The molecule has 2 N–H and O–H groups in total. The Labute approximate surface area is 184 Å². The summed E-state index contributed by atoms with van der Waals surface area (Å²) in [5, 5.41) is 11.7. The number of carbonyl (C=O) groups is 1. The topological polar surface area (TPSA) is 86.2 Å². The second-order valence-corrected chi connectivity index (χ2v) is 8.05. The highest BCUT2D eigenvalue weighted by Crippen LogP contribution is 2.33. The average Bonchev–Trinajstić information content (AvgIpc) is 2.74. The normalized spacial score (nSPS) is 15.7. The Bertz CT molecular complexity index is 1130. The molecule has 0 radical (unpaired) electrons. The molecule has 1 aliphatic rings. The van der Waals surface area contributed by atoms with Gasteiger partial charge in [0.1, 0.15) is 12.1 Å². The minimum absolute atomic E-state index is 0.398. The molecule has 1 atom stereocenters. The molecule has 0 aliphatic carbocycles. The van der Waals surface area contributed by atoms with E-state index in [0.717, 1.165) is 22.2 Å². The van der Waals surface area contributed by atoms with Crippen LogP contribution in [0.1, 0.15) is 17.2 Å². The first kappa shape index (κ1) is 20.4. The van der Waals surface area contributed by atoms with Crippen molar-refractivity contribution in [1.82, 2.24) is 9.88 Å². The molecule has 0 bridgehead atoms. The fourth-order valence-electron chi connectivity index (χ4n) is 3.98. The summed E-state index contributed by atoms with van der Waals surface area (Å²) < 4.78 is 0. The number of piperazine rings is 1. The first-order valence-corrected chi connectivity index (χ1v) is 10.3. The van der Waals surface area contributed by atoms with Gasteiger partial charge in [-0.3, -0.25) is 14.7 Å². The summed E-state index contributed by atoms with van der Waals surface area (Å²) in [7, 11) is 0. The van der Waals surface area contributed by atoms with E-state index >= 15 is 0 Å². The summed E-state index contributed by atoms with van der Waals surface area (Å²) in [6.45, 7) is 2.51. The lowest BCUT2D eigenvalue weighted by Gasteiger charge is -2.39. The van der Waals surface area contributed by atoms with Gasteiger partial charge in [-0.2, -0.15) is 5.26 Å². The number of nitrogens with zero attached hydrogens (tertiary/aromatic N) is 4. The molecular weight excluding hydrogens is 421 g/mol. The van der Waals surface area contributed by atoms with Gasteiger partial charge in [-0.15, -0.1) is 0 Å². The van der Waals surface area contributed by atoms with E-state index in [1.54, 1.807) is 24.4 Å². The first-order chi connectivity index (χ1) is 14.5. The van der Waals surface area contributed by atoms with Gasteiger partial charge in [0.15, 0.2) is 0 Å². The smallest absolute Gasteiger partial charge is 0.239 e. The molecule has 2 aromatic carbocycles. The van der Waals surface area contributed by atoms with Gasteiger partial charge in [0, 0.05) is 47.8 Å². The average molecular weight is 440 g/mol. The number of rotatable bonds is 4. The minimum atomic E-state index is -0.525. The van der Waals surface area contributed by atoms with Crippen LogP contribution in [0, 0.1) is 11.3 Å². The molecule has 0 spiro atoms. The Morgan fingerprint density at radius 3 is 2.37 bits per heavy atom. The molecule has 1 saturated heterocycles. The molecule has 152 valence electrons. The highest BCUT2D eigenvalue weighted by molar-refractivity contribution is 6.31. The number of primary amides is 1. The van der Waals surface area contributed by atoms with E-state index in [0.29, 0.717) is 41.8 Å². The number of aromatic nitrogens is 1. The monoisotopic (exact) mass is 439 g/mol. The molecule has 1 amide bonds. The summed E-state index contributed by atoms with van der Waals surface area (Å²) in [6.07, 6.45) is 1.60. The zero-order valence-corrected chi connectivity index (χ0v) is 17.6. The molecular formula is C22H19Cl2N5O. The van der Waals surface area contributed by atoms with Gasteiger partial charge in [-0.25, -0.2) is 0 Å². The van der Waals surface area contributed by atoms with Crippen LogP contribution in [0.15, 0.2) is 48.7 Å². The summed E-state index contributed by atoms with van der Waals surface area (Å²) in [5.74, 6) is -0.398. The molecule has 1 aliphatic heterocycles. The van der Waals surface area contributed by atoms with Crippen LogP contribution in [0.25, 0.3) is 10.9 Å². The Kier molecular flexibility index (Phi) is 5.78.